The van der Waals surface area contributed by atoms with Crippen LogP contribution in [0.15, 0.2) is 29.3 Å². The summed E-state index contributed by atoms with van der Waals surface area (Å²) in [6.45, 7) is 2.87. The van der Waals surface area contributed by atoms with Crippen LogP contribution >= 0.6 is 24.0 Å². The van der Waals surface area contributed by atoms with Gasteiger partial charge in [0.15, 0.2) is 5.96 Å². The third-order valence-electron chi connectivity index (χ3n) is 3.71. The van der Waals surface area contributed by atoms with Crippen molar-refractivity contribution < 1.29 is 4.74 Å². The molecule has 0 heterocycles. The van der Waals surface area contributed by atoms with Crippen LogP contribution in [0, 0.1) is 0 Å². The molecular formula is C15H25IN4O. The van der Waals surface area contributed by atoms with Gasteiger partial charge in [0, 0.05) is 12.1 Å². The zero-order chi connectivity index (χ0) is 14.5. The third kappa shape index (κ3) is 5.35. The molecule has 0 radical (unpaired) electrons. The van der Waals surface area contributed by atoms with E-state index in [1.165, 1.54) is 12.8 Å². The van der Waals surface area contributed by atoms with Crippen LogP contribution in [0.4, 0.5) is 5.69 Å². The second kappa shape index (κ2) is 8.43. The topological polar surface area (TPSA) is 62.9 Å². The van der Waals surface area contributed by atoms with Crippen molar-refractivity contribution in [3.8, 4) is 5.75 Å². The molecule has 0 aliphatic heterocycles. The maximum atomic E-state index is 5.93. The van der Waals surface area contributed by atoms with Gasteiger partial charge in [-0.3, -0.25) is 9.89 Å². The minimum absolute atomic E-state index is 0. The van der Waals surface area contributed by atoms with E-state index in [0.29, 0.717) is 18.5 Å². The number of ether oxygens (including phenoxy) is 1. The number of para-hydroxylation sites is 2. The zero-order valence-corrected chi connectivity index (χ0v) is 15.2. The van der Waals surface area contributed by atoms with Crippen LogP contribution in [-0.2, 0) is 0 Å². The molecule has 21 heavy (non-hydrogen) atoms. The molecule has 1 aromatic carbocycles. The molecule has 1 aromatic rings. The lowest BCUT2D eigenvalue weighted by Crippen LogP contribution is -2.34. The number of nitrogens with zero attached hydrogens (tertiary/aromatic N) is 2. The van der Waals surface area contributed by atoms with E-state index in [1.54, 1.807) is 7.11 Å². The van der Waals surface area contributed by atoms with Gasteiger partial charge in [-0.15, -0.1) is 24.0 Å². The van der Waals surface area contributed by atoms with Gasteiger partial charge in [0.25, 0.3) is 0 Å². The highest BCUT2D eigenvalue weighted by atomic mass is 127. The second-order valence-corrected chi connectivity index (χ2v) is 5.30. The van der Waals surface area contributed by atoms with Crippen molar-refractivity contribution in [3.63, 3.8) is 0 Å². The highest BCUT2D eigenvalue weighted by Crippen LogP contribution is 2.27. The van der Waals surface area contributed by atoms with Gasteiger partial charge in [-0.05, 0) is 38.9 Å². The van der Waals surface area contributed by atoms with Gasteiger partial charge < -0.3 is 15.8 Å². The van der Waals surface area contributed by atoms with Crippen molar-refractivity contribution in [1.82, 2.24) is 4.90 Å². The van der Waals surface area contributed by atoms with Crippen molar-refractivity contribution >= 4 is 35.6 Å². The fourth-order valence-corrected chi connectivity index (χ4v) is 2.13. The van der Waals surface area contributed by atoms with E-state index in [2.05, 4.69) is 29.2 Å². The monoisotopic (exact) mass is 404 g/mol. The highest BCUT2D eigenvalue weighted by molar-refractivity contribution is 14.0. The van der Waals surface area contributed by atoms with Crippen LogP contribution in [0.25, 0.3) is 0 Å². The van der Waals surface area contributed by atoms with E-state index in [9.17, 15) is 0 Å². The minimum atomic E-state index is 0. The first-order valence-electron chi connectivity index (χ1n) is 7.03. The summed E-state index contributed by atoms with van der Waals surface area (Å²) >= 11 is 0. The molecule has 6 heteroatoms. The van der Waals surface area contributed by atoms with Crippen LogP contribution in [0.5, 0.6) is 5.75 Å². The first-order valence-corrected chi connectivity index (χ1v) is 7.03. The summed E-state index contributed by atoms with van der Waals surface area (Å²) < 4.78 is 5.27. The van der Waals surface area contributed by atoms with Crippen molar-refractivity contribution in [2.75, 3.05) is 26.0 Å². The van der Waals surface area contributed by atoms with Crippen molar-refractivity contribution in [1.29, 1.82) is 0 Å². The third-order valence-corrected chi connectivity index (χ3v) is 3.71. The van der Waals surface area contributed by atoms with E-state index in [4.69, 9.17) is 10.5 Å². The Bertz CT molecular complexity index is 476. The van der Waals surface area contributed by atoms with Gasteiger partial charge >= 0.3 is 0 Å². The molecule has 118 valence electrons. The Labute approximate surface area is 144 Å². The summed E-state index contributed by atoms with van der Waals surface area (Å²) in [6.07, 6.45) is 2.61. The van der Waals surface area contributed by atoms with E-state index in [0.717, 1.165) is 17.5 Å². The molecule has 0 bridgehead atoms. The predicted octanol–water partition coefficient (Wildman–Crippen LogP) is 2.52. The smallest absolute Gasteiger partial charge is 0.193 e. The Hall–Kier alpha value is -1.02. The fourth-order valence-electron chi connectivity index (χ4n) is 2.13. The number of guanidine groups is 1. The number of benzene rings is 1. The molecule has 1 saturated carbocycles. The van der Waals surface area contributed by atoms with Gasteiger partial charge in [-0.25, -0.2) is 0 Å². The maximum Gasteiger partial charge on any atom is 0.193 e. The average Bonchev–Trinajstić information content (AvgIpc) is 3.29. The van der Waals surface area contributed by atoms with E-state index >= 15 is 0 Å². The summed E-state index contributed by atoms with van der Waals surface area (Å²) in [7, 11) is 3.79. The van der Waals surface area contributed by atoms with Gasteiger partial charge in [-0.2, -0.15) is 0 Å². The SMILES string of the molecule is COc1ccccc1NC(N)=NCC(C)N(C)C1CC1.I. The first-order chi connectivity index (χ1) is 9.61. The average molecular weight is 404 g/mol. The number of rotatable bonds is 6. The number of nitrogens with two attached hydrogens (primary N) is 1. The van der Waals surface area contributed by atoms with Gasteiger partial charge in [0.05, 0.1) is 19.3 Å². The molecule has 1 fully saturated rings. The number of likely N-dealkylation sites (N-methyl/N-ethyl adjacent to an activating group) is 1. The normalized spacial score (nSPS) is 16.3. The fraction of sp³-hybridized carbons (Fsp3) is 0.533. The van der Waals surface area contributed by atoms with Crippen molar-refractivity contribution in [2.45, 2.75) is 31.8 Å². The van der Waals surface area contributed by atoms with Crippen molar-refractivity contribution in [2.24, 2.45) is 10.7 Å². The standard InChI is InChI=1S/C15H24N4O.HI/c1-11(19(2)12-8-9-12)10-17-15(16)18-13-6-4-5-7-14(13)20-3;/h4-7,11-12H,8-10H2,1-3H3,(H3,16,17,18);1H. The number of nitrogens with one attached hydrogen (secondary N) is 1. The van der Waals surface area contributed by atoms with E-state index in [1.807, 2.05) is 24.3 Å². The Balaban J connectivity index is 0.00000220. The van der Waals surface area contributed by atoms with Crippen LogP contribution in [0.1, 0.15) is 19.8 Å². The number of methoxy groups -OCH3 is 1. The van der Waals surface area contributed by atoms with Crippen LogP contribution in [-0.4, -0.2) is 43.6 Å². The Kier molecular flexibility index (Phi) is 7.24. The number of halogens is 1. The molecule has 0 saturated heterocycles. The molecule has 0 aromatic heterocycles. The van der Waals surface area contributed by atoms with Crippen LogP contribution in [0.3, 0.4) is 0 Å². The summed E-state index contributed by atoms with van der Waals surface area (Å²) in [5.41, 5.74) is 6.77. The van der Waals surface area contributed by atoms with E-state index < -0.39 is 0 Å². The van der Waals surface area contributed by atoms with Crippen LogP contribution in [0.2, 0.25) is 0 Å². The first kappa shape index (κ1) is 18.0. The Morgan fingerprint density at radius 1 is 1.48 bits per heavy atom. The molecular weight excluding hydrogens is 379 g/mol. The van der Waals surface area contributed by atoms with Crippen molar-refractivity contribution in [3.05, 3.63) is 24.3 Å². The molecule has 1 aliphatic carbocycles. The quantitative estimate of drug-likeness (QED) is 0.435. The Morgan fingerprint density at radius 3 is 2.76 bits per heavy atom. The molecule has 1 unspecified atom stereocenters. The molecule has 2 rings (SSSR count). The number of aliphatic imine (C=N–C) groups is 1. The van der Waals surface area contributed by atoms with E-state index in [-0.39, 0.29) is 24.0 Å². The van der Waals surface area contributed by atoms with Crippen LogP contribution < -0.4 is 15.8 Å². The molecule has 1 atom stereocenters. The molecule has 3 N–H and O–H groups in total. The molecule has 1 aliphatic rings. The minimum Gasteiger partial charge on any atom is -0.495 e. The van der Waals surface area contributed by atoms with Gasteiger partial charge in [-0.1, -0.05) is 12.1 Å². The maximum absolute atomic E-state index is 5.93. The molecule has 5 nitrogen and oxygen atoms in total. The summed E-state index contributed by atoms with van der Waals surface area (Å²) in [5, 5.41) is 3.08. The Morgan fingerprint density at radius 2 is 2.14 bits per heavy atom. The number of hydrogen-bond acceptors (Lipinski definition) is 3. The summed E-state index contributed by atoms with van der Waals surface area (Å²) in [6, 6.07) is 8.80. The highest BCUT2D eigenvalue weighted by Gasteiger charge is 2.28. The van der Waals surface area contributed by atoms with Gasteiger partial charge in [0.2, 0.25) is 0 Å². The number of anilines is 1. The predicted molar refractivity (Wildman–Crippen MR) is 98.8 cm³/mol. The lowest BCUT2D eigenvalue weighted by molar-refractivity contribution is 0.253. The summed E-state index contributed by atoms with van der Waals surface area (Å²) in [5.74, 6) is 1.18. The largest absolute Gasteiger partial charge is 0.495 e. The lowest BCUT2D eigenvalue weighted by Gasteiger charge is -2.22. The van der Waals surface area contributed by atoms with Gasteiger partial charge in [0.1, 0.15) is 5.75 Å². The second-order valence-electron chi connectivity index (χ2n) is 5.30. The zero-order valence-electron chi connectivity index (χ0n) is 12.9. The lowest BCUT2D eigenvalue weighted by atomic mass is 10.3. The number of hydrogen-bond donors (Lipinski definition) is 2. The summed E-state index contributed by atoms with van der Waals surface area (Å²) in [4.78, 5) is 6.79. The molecule has 0 amide bonds. The molecule has 0 spiro atoms.